The second-order valence-corrected chi connectivity index (χ2v) is 6.09. The number of ketones is 1. The van der Waals surface area contributed by atoms with Crippen molar-refractivity contribution < 1.29 is 18.7 Å². The van der Waals surface area contributed by atoms with E-state index < -0.39 is 5.97 Å². The van der Waals surface area contributed by atoms with Crippen LogP contribution in [0.15, 0.2) is 66.7 Å². The third-order valence-electron chi connectivity index (χ3n) is 3.92. The predicted molar refractivity (Wildman–Crippen MR) is 102 cm³/mol. The van der Waals surface area contributed by atoms with Gasteiger partial charge in [0, 0.05) is 22.0 Å². The molecule has 0 spiro atoms. The zero-order chi connectivity index (χ0) is 19.4. The Hall–Kier alpha value is -3.18. The van der Waals surface area contributed by atoms with Gasteiger partial charge in [-0.1, -0.05) is 11.6 Å². The molecule has 0 atom stereocenters. The molecule has 0 amide bonds. The van der Waals surface area contributed by atoms with E-state index in [2.05, 4.69) is 0 Å². The Morgan fingerprint density at radius 3 is 2.30 bits per heavy atom. The van der Waals surface area contributed by atoms with Crippen LogP contribution in [-0.2, 0) is 4.74 Å². The summed E-state index contributed by atoms with van der Waals surface area (Å²) in [6, 6.07) is 15.5. The number of carbonyl (C=O) groups excluding carboxylic acids is 2. The maximum Gasteiger partial charge on any atom is 0.355 e. The summed E-state index contributed by atoms with van der Waals surface area (Å²) < 4.78 is 19.7. The maximum absolute atomic E-state index is 13.3. The second-order valence-electron chi connectivity index (χ2n) is 5.65. The minimum absolute atomic E-state index is 0.210. The lowest BCUT2D eigenvalue weighted by Gasteiger charge is -2.10. The van der Waals surface area contributed by atoms with Gasteiger partial charge in [-0.25, -0.2) is 9.18 Å². The third kappa shape index (κ3) is 4.15. The Morgan fingerprint density at radius 1 is 1.00 bits per heavy atom. The van der Waals surface area contributed by atoms with E-state index in [0.717, 1.165) is 0 Å². The van der Waals surface area contributed by atoms with Crippen LogP contribution in [0.2, 0.25) is 5.02 Å². The van der Waals surface area contributed by atoms with Crippen LogP contribution in [0.1, 0.15) is 26.5 Å². The molecule has 0 bridgehead atoms. The number of rotatable bonds is 5. The van der Waals surface area contributed by atoms with Crippen LogP contribution < -0.4 is 0 Å². The molecule has 0 aliphatic heterocycles. The SMILES string of the molecule is COC(=O)c1ccc(/C=C/C(=O)c2ccc(Cl)cc2)n1-c1ccc(F)cc1. The van der Waals surface area contributed by atoms with Gasteiger partial charge in [0.1, 0.15) is 11.5 Å². The highest BCUT2D eigenvalue weighted by molar-refractivity contribution is 6.30. The van der Waals surface area contributed by atoms with Gasteiger partial charge in [0.25, 0.3) is 0 Å². The van der Waals surface area contributed by atoms with E-state index in [9.17, 15) is 14.0 Å². The summed E-state index contributed by atoms with van der Waals surface area (Å²) in [5, 5.41) is 0.545. The smallest absolute Gasteiger partial charge is 0.355 e. The van der Waals surface area contributed by atoms with Crippen molar-refractivity contribution in [2.75, 3.05) is 7.11 Å². The van der Waals surface area contributed by atoms with Gasteiger partial charge in [0.05, 0.1) is 7.11 Å². The molecule has 27 heavy (non-hydrogen) atoms. The molecule has 3 rings (SSSR count). The number of hydrogen-bond acceptors (Lipinski definition) is 3. The van der Waals surface area contributed by atoms with Crippen molar-refractivity contribution in [3.05, 3.63) is 94.5 Å². The number of benzene rings is 2. The van der Waals surface area contributed by atoms with Crippen LogP contribution >= 0.6 is 11.6 Å². The Labute approximate surface area is 160 Å². The maximum atomic E-state index is 13.3. The van der Waals surface area contributed by atoms with E-state index in [1.165, 1.54) is 25.3 Å². The van der Waals surface area contributed by atoms with E-state index in [4.69, 9.17) is 16.3 Å². The number of hydrogen-bond donors (Lipinski definition) is 0. The first-order valence-electron chi connectivity index (χ1n) is 8.03. The number of aromatic nitrogens is 1. The molecule has 4 nitrogen and oxygen atoms in total. The van der Waals surface area contributed by atoms with E-state index in [-0.39, 0.29) is 17.3 Å². The molecule has 0 fully saturated rings. The monoisotopic (exact) mass is 383 g/mol. The summed E-state index contributed by atoms with van der Waals surface area (Å²) in [7, 11) is 1.28. The zero-order valence-corrected chi connectivity index (χ0v) is 15.1. The lowest BCUT2D eigenvalue weighted by atomic mass is 10.1. The summed E-state index contributed by atoms with van der Waals surface area (Å²) in [6.45, 7) is 0. The van der Waals surface area contributed by atoms with E-state index in [1.54, 1.807) is 59.2 Å². The number of ether oxygens (including phenoxy) is 1. The van der Waals surface area contributed by atoms with Crippen LogP contribution in [0.25, 0.3) is 11.8 Å². The molecular weight excluding hydrogens is 369 g/mol. The molecule has 6 heteroatoms. The molecule has 2 aromatic carbocycles. The fourth-order valence-electron chi connectivity index (χ4n) is 2.60. The highest BCUT2D eigenvalue weighted by atomic mass is 35.5. The molecule has 3 aromatic rings. The average Bonchev–Trinajstić information content (AvgIpc) is 3.10. The highest BCUT2D eigenvalue weighted by Crippen LogP contribution is 2.20. The van der Waals surface area contributed by atoms with Crippen molar-refractivity contribution in [2.24, 2.45) is 0 Å². The van der Waals surface area contributed by atoms with Gasteiger partial charge < -0.3 is 9.30 Å². The molecule has 1 heterocycles. The normalized spacial score (nSPS) is 10.9. The molecule has 0 aliphatic carbocycles. The summed E-state index contributed by atoms with van der Waals surface area (Å²) in [5.41, 5.74) is 1.90. The summed E-state index contributed by atoms with van der Waals surface area (Å²) in [5.74, 6) is -1.14. The van der Waals surface area contributed by atoms with Crippen LogP contribution in [0.3, 0.4) is 0 Å². The Balaban J connectivity index is 1.98. The van der Waals surface area contributed by atoms with Gasteiger partial charge in [-0.05, 0) is 72.8 Å². The van der Waals surface area contributed by atoms with Crippen LogP contribution in [0, 0.1) is 5.82 Å². The van der Waals surface area contributed by atoms with E-state index >= 15 is 0 Å². The lowest BCUT2D eigenvalue weighted by molar-refractivity contribution is 0.0591. The predicted octanol–water partition coefficient (Wildman–Crippen LogP) is 4.95. The molecule has 1 aromatic heterocycles. The first-order chi connectivity index (χ1) is 13.0. The minimum Gasteiger partial charge on any atom is -0.464 e. The molecule has 136 valence electrons. The number of esters is 1. The van der Waals surface area contributed by atoms with Crippen molar-refractivity contribution >= 4 is 29.4 Å². The van der Waals surface area contributed by atoms with E-state index in [0.29, 0.717) is 22.0 Å². The fourth-order valence-corrected chi connectivity index (χ4v) is 2.72. The number of methoxy groups -OCH3 is 1. The topological polar surface area (TPSA) is 48.3 Å². The Morgan fingerprint density at radius 2 is 1.67 bits per heavy atom. The first-order valence-corrected chi connectivity index (χ1v) is 8.41. The minimum atomic E-state index is -0.539. The average molecular weight is 384 g/mol. The molecule has 0 unspecified atom stereocenters. The van der Waals surface area contributed by atoms with Gasteiger partial charge in [-0.3, -0.25) is 4.79 Å². The molecular formula is C21H15ClFNO3. The summed E-state index contributed by atoms with van der Waals surface area (Å²) in [4.78, 5) is 24.4. The van der Waals surface area contributed by atoms with Gasteiger partial charge >= 0.3 is 5.97 Å². The number of nitrogens with zero attached hydrogens (tertiary/aromatic N) is 1. The van der Waals surface area contributed by atoms with Crippen molar-refractivity contribution in [3.63, 3.8) is 0 Å². The van der Waals surface area contributed by atoms with Crippen LogP contribution in [-0.4, -0.2) is 23.4 Å². The van der Waals surface area contributed by atoms with Gasteiger partial charge in [0.15, 0.2) is 5.78 Å². The number of halogens is 2. The van der Waals surface area contributed by atoms with Gasteiger partial charge in [-0.2, -0.15) is 0 Å². The first kappa shape index (κ1) is 18.6. The van der Waals surface area contributed by atoms with Crippen LogP contribution in [0.5, 0.6) is 0 Å². The number of carbonyl (C=O) groups is 2. The van der Waals surface area contributed by atoms with Crippen LogP contribution in [0.4, 0.5) is 4.39 Å². The Bertz CT molecular complexity index is 1000. The number of allylic oxidation sites excluding steroid dienone is 1. The lowest BCUT2D eigenvalue weighted by Crippen LogP contribution is -2.10. The molecule has 0 radical (unpaired) electrons. The zero-order valence-electron chi connectivity index (χ0n) is 14.4. The van der Waals surface area contributed by atoms with Gasteiger partial charge in [-0.15, -0.1) is 0 Å². The van der Waals surface area contributed by atoms with Crippen molar-refractivity contribution in [1.29, 1.82) is 0 Å². The van der Waals surface area contributed by atoms with E-state index in [1.807, 2.05) is 0 Å². The quantitative estimate of drug-likeness (QED) is 0.355. The molecule has 0 saturated carbocycles. The van der Waals surface area contributed by atoms with Gasteiger partial charge in [0.2, 0.25) is 0 Å². The van der Waals surface area contributed by atoms with Crippen molar-refractivity contribution in [2.45, 2.75) is 0 Å². The second kappa shape index (κ2) is 8.01. The highest BCUT2D eigenvalue weighted by Gasteiger charge is 2.16. The molecule has 0 aliphatic rings. The standard InChI is InChI=1S/C21H15ClFNO3/c1-27-21(26)19-12-10-18(24(19)17-8-6-16(23)7-9-17)11-13-20(25)14-2-4-15(22)5-3-14/h2-13H,1H3/b13-11+. The summed E-state index contributed by atoms with van der Waals surface area (Å²) in [6.07, 6.45) is 2.99. The molecule has 0 N–H and O–H groups in total. The fraction of sp³-hybridized carbons (Fsp3) is 0.0476. The third-order valence-corrected chi connectivity index (χ3v) is 4.18. The summed E-state index contributed by atoms with van der Waals surface area (Å²) >= 11 is 5.83. The molecule has 0 saturated heterocycles. The largest absolute Gasteiger partial charge is 0.464 e. The van der Waals surface area contributed by atoms with Crippen molar-refractivity contribution in [3.8, 4) is 5.69 Å². The van der Waals surface area contributed by atoms with Crippen molar-refractivity contribution in [1.82, 2.24) is 4.57 Å². The Kier molecular flexibility index (Phi) is 5.52.